The summed E-state index contributed by atoms with van der Waals surface area (Å²) >= 11 is 1.85. The average molecular weight is 668 g/mol. The van der Waals surface area contributed by atoms with Crippen molar-refractivity contribution in [2.75, 3.05) is 0 Å². The molecule has 12 rings (SSSR count). The van der Waals surface area contributed by atoms with E-state index in [1.165, 1.54) is 41.7 Å². The van der Waals surface area contributed by atoms with Gasteiger partial charge in [0.05, 0.1) is 26.9 Å². The van der Waals surface area contributed by atoms with Crippen LogP contribution in [0.1, 0.15) is 0 Å². The molecule has 0 radical (unpaired) electrons. The maximum Gasteiger partial charge on any atom is 0.235 e. The number of hydrogen-bond donors (Lipinski definition) is 0. The van der Waals surface area contributed by atoms with Crippen molar-refractivity contribution in [3.8, 4) is 17.2 Å². The molecule has 0 bridgehead atoms. The Balaban J connectivity index is 1.26. The van der Waals surface area contributed by atoms with Gasteiger partial charge in [0, 0.05) is 48.0 Å². The molecule has 51 heavy (non-hydrogen) atoms. The minimum atomic E-state index is 0.651. The van der Waals surface area contributed by atoms with Crippen LogP contribution in [0.3, 0.4) is 0 Å². The highest BCUT2D eigenvalue weighted by atomic mass is 32.1. The number of benzene rings is 8. The molecule has 4 aromatic heterocycles. The molecule has 0 aliphatic heterocycles. The molecule has 0 fully saturated rings. The molecule has 12 aromatic rings. The van der Waals surface area contributed by atoms with Crippen LogP contribution in [-0.2, 0) is 0 Å². The summed E-state index contributed by atoms with van der Waals surface area (Å²) in [6, 6.07) is 53.9. The molecule has 0 saturated carbocycles. The Labute approximate surface area is 294 Å². The standard InChI is InChI=1S/C46H25N3OS/c1-2-12-28-26(11-1)22-24-35-42(28)43(27-21-23-30-29-13-6-9-19-37(29)50-38(30)25-27)48-46(47-35)49-36-18-8-5-16-33(36)40-31-14-3-4-15-32(31)41-34-17-7-10-20-39(34)51-45(41)44(40)49/h1-25H. The predicted molar refractivity (Wildman–Crippen MR) is 214 cm³/mol. The third kappa shape index (κ3) is 3.68. The van der Waals surface area contributed by atoms with E-state index < -0.39 is 0 Å². The van der Waals surface area contributed by atoms with Gasteiger partial charge in [-0.05, 0) is 57.9 Å². The third-order valence-corrected chi connectivity index (χ3v) is 11.8. The quantitative estimate of drug-likeness (QED) is 0.172. The molecule has 0 spiro atoms. The van der Waals surface area contributed by atoms with Crippen molar-refractivity contribution < 1.29 is 4.42 Å². The molecule has 4 heterocycles. The van der Waals surface area contributed by atoms with Crippen LogP contribution < -0.4 is 0 Å². The van der Waals surface area contributed by atoms with Gasteiger partial charge in [-0.25, -0.2) is 9.97 Å². The summed E-state index contributed by atoms with van der Waals surface area (Å²) in [5.41, 5.74) is 6.73. The van der Waals surface area contributed by atoms with Crippen molar-refractivity contribution in [1.82, 2.24) is 14.5 Å². The Bertz CT molecular complexity index is 3440. The van der Waals surface area contributed by atoms with E-state index in [9.17, 15) is 0 Å². The van der Waals surface area contributed by atoms with Crippen LogP contribution in [0.5, 0.6) is 0 Å². The fraction of sp³-hybridized carbons (Fsp3) is 0. The molecule has 5 heteroatoms. The lowest BCUT2D eigenvalue weighted by molar-refractivity contribution is 0.669. The van der Waals surface area contributed by atoms with Gasteiger partial charge in [0.1, 0.15) is 11.2 Å². The van der Waals surface area contributed by atoms with Crippen molar-refractivity contribution in [1.29, 1.82) is 0 Å². The zero-order chi connectivity index (χ0) is 33.2. The molecular formula is C46H25N3OS. The second kappa shape index (κ2) is 10.0. The van der Waals surface area contributed by atoms with Gasteiger partial charge in [-0.3, -0.25) is 4.57 Å². The highest BCUT2D eigenvalue weighted by Gasteiger charge is 2.24. The summed E-state index contributed by atoms with van der Waals surface area (Å²) in [6.45, 7) is 0. The van der Waals surface area contributed by atoms with Crippen LogP contribution in [0.4, 0.5) is 0 Å². The molecular weight excluding hydrogens is 643 g/mol. The molecule has 0 amide bonds. The van der Waals surface area contributed by atoms with E-state index in [1.807, 2.05) is 23.5 Å². The van der Waals surface area contributed by atoms with Crippen LogP contribution in [-0.4, -0.2) is 14.5 Å². The van der Waals surface area contributed by atoms with E-state index in [2.05, 4.69) is 144 Å². The molecule has 4 nitrogen and oxygen atoms in total. The first kappa shape index (κ1) is 27.3. The molecule has 0 aliphatic rings. The van der Waals surface area contributed by atoms with Crippen molar-refractivity contribution in [3.05, 3.63) is 152 Å². The monoisotopic (exact) mass is 667 g/mol. The van der Waals surface area contributed by atoms with Crippen molar-refractivity contribution in [3.63, 3.8) is 0 Å². The number of furan rings is 1. The number of rotatable bonds is 2. The molecule has 0 saturated heterocycles. The van der Waals surface area contributed by atoms with Crippen LogP contribution in [0.15, 0.2) is 156 Å². The molecule has 0 aliphatic carbocycles. The van der Waals surface area contributed by atoms with E-state index in [0.29, 0.717) is 5.95 Å². The van der Waals surface area contributed by atoms with Crippen molar-refractivity contribution >= 4 is 108 Å². The van der Waals surface area contributed by atoms with Gasteiger partial charge in [0.15, 0.2) is 0 Å². The zero-order valence-corrected chi connectivity index (χ0v) is 27.9. The molecule has 0 atom stereocenters. The lowest BCUT2D eigenvalue weighted by Gasteiger charge is -2.14. The van der Waals surface area contributed by atoms with Crippen LogP contribution >= 0.6 is 11.3 Å². The number of para-hydroxylation sites is 2. The molecule has 236 valence electrons. The van der Waals surface area contributed by atoms with Gasteiger partial charge in [0.25, 0.3) is 0 Å². The Morgan fingerprint density at radius 2 is 1.18 bits per heavy atom. The molecule has 8 aromatic carbocycles. The number of nitrogens with zero attached hydrogens (tertiary/aromatic N) is 3. The van der Waals surface area contributed by atoms with Crippen molar-refractivity contribution in [2.24, 2.45) is 0 Å². The topological polar surface area (TPSA) is 43.9 Å². The minimum Gasteiger partial charge on any atom is -0.456 e. The van der Waals surface area contributed by atoms with E-state index in [1.54, 1.807) is 0 Å². The summed E-state index contributed by atoms with van der Waals surface area (Å²) in [5, 5.41) is 13.0. The largest absolute Gasteiger partial charge is 0.456 e. The first-order chi connectivity index (χ1) is 25.3. The maximum atomic E-state index is 6.40. The summed E-state index contributed by atoms with van der Waals surface area (Å²) < 4.78 is 11.2. The lowest BCUT2D eigenvalue weighted by atomic mass is 9.99. The van der Waals surface area contributed by atoms with Crippen molar-refractivity contribution in [2.45, 2.75) is 0 Å². The van der Waals surface area contributed by atoms with E-state index in [0.717, 1.165) is 65.9 Å². The highest BCUT2D eigenvalue weighted by Crippen LogP contribution is 2.48. The summed E-state index contributed by atoms with van der Waals surface area (Å²) in [6.07, 6.45) is 0. The highest BCUT2D eigenvalue weighted by molar-refractivity contribution is 7.27. The van der Waals surface area contributed by atoms with Gasteiger partial charge in [-0.2, -0.15) is 0 Å². The van der Waals surface area contributed by atoms with Crippen LogP contribution in [0.2, 0.25) is 0 Å². The predicted octanol–water partition coefficient (Wildman–Crippen LogP) is 13.0. The number of aromatic nitrogens is 3. The maximum absolute atomic E-state index is 6.40. The zero-order valence-electron chi connectivity index (χ0n) is 27.1. The SMILES string of the molecule is c1ccc2c(c1)ccc1nc(-n3c4ccccc4c4c5ccccc5c5c6ccccc6sc5c43)nc(-c3ccc4c(c3)oc3ccccc34)c12. The Morgan fingerprint density at radius 1 is 0.490 bits per heavy atom. The first-order valence-electron chi connectivity index (χ1n) is 17.2. The first-order valence-corrected chi connectivity index (χ1v) is 18.0. The van der Waals surface area contributed by atoms with Crippen LogP contribution in [0, 0.1) is 0 Å². The summed E-state index contributed by atoms with van der Waals surface area (Å²) in [4.78, 5) is 11.0. The number of hydrogen-bond acceptors (Lipinski definition) is 4. The Morgan fingerprint density at radius 3 is 2.06 bits per heavy atom. The van der Waals surface area contributed by atoms with E-state index in [4.69, 9.17) is 14.4 Å². The van der Waals surface area contributed by atoms with Gasteiger partial charge in [-0.15, -0.1) is 11.3 Å². The normalized spacial score (nSPS) is 12.3. The van der Waals surface area contributed by atoms with E-state index >= 15 is 0 Å². The fourth-order valence-corrected chi connectivity index (χ4v) is 9.67. The lowest BCUT2D eigenvalue weighted by Crippen LogP contribution is -2.04. The minimum absolute atomic E-state index is 0.651. The summed E-state index contributed by atoms with van der Waals surface area (Å²) in [7, 11) is 0. The molecule has 0 N–H and O–H groups in total. The van der Waals surface area contributed by atoms with Crippen LogP contribution in [0.25, 0.3) is 114 Å². The molecule has 0 unspecified atom stereocenters. The summed E-state index contributed by atoms with van der Waals surface area (Å²) in [5.74, 6) is 0.651. The average Bonchev–Trinajstić information content (AvgIpc) is 3.87. The second-order valence-corrected chi connectivity index (χ2v) is 14.3. The van der Waals surface area contributed by atoms with Gasteiger partial charge < -0.3 is 4.42 Å². The fourth-order valence-electron chi connectivity index (χ4n) is 8.41. The van der Waals surface area contributed by atoms with E-state index in [-0.39, 0.29) is 0 Å². The Hall–Kier alpha value is -6.56. The Kier molecular flexibility index (Phi) is 5.35. The third-order valence-electron chi connectivity index (χ3n) is 10.6. The number of thiophene rings is 1. The smallest absolute Gasteiger partial charge is 0.235 e. The van der Waals surface area contributed by atoms with Gasteiger partial charge in [-0.1, -0.05) is 115 Å². The van der Waals surface area contributed by atoms with Gasteiger partial charge >= 0.3 is 0 Å². The second-order valence-electron chi connectivity index (χ2n) is 13.3. The number of fused-ring (bicyclic) bond motifs is 16. The van der Waals surface area contributed by atoms with Gasteiger partial charge in [0.2, 0.25) is 5.95 Å².